The number of ether oxygens (including phenoxy) is 2. The first kappa shape index (κ1) is 12.0. The van der Waals surface area contributed by atoms with Crippen LogP contribution in [0.1, 0.15) is 41.3 Å². The van der Waals surface area contributed by atoms with Crippen molar-refractivity contribution < 1.29 is 14.3 Å². The highest BCUT2D eigenvalue weighted by Crippen LogP contribution is 2.29. The van der Waals surface area contributed by atoms with Gasteiger partial charge in [-0.05, 0) is 55.9 Å². The zero-order chi connectivity index (χ0) is 12.3. The van der Waals surface area contributed by atoms with Gasteiger partial charge in [-0.2, -0.15) is 0 Å². The molecule has 0 spiro atoms. The number of aryl methyl sites for hydroxylation is 2. The molecule has 1 aromatic rings. The monoisotopic (exact) mass is 234 g/mol. The van der Waals surface area contributed by atoms with Gasteiger partial charge in [-0.25, -0.2) is 4.79 Å². The summed E-state index contributed by atoms with van der Waals surface area (Å²) in [6, 6.07) is 3.94. The van der Waals surface area contributed by atoms with E-state index < -0.39 is 0 Å². The molecule has 92 valence electrons. The van der Waals surface area contributed by atoms with Crippen LogP contribution in [0.5, 0.6) is 5.75 Å². The number of fused-ring (bicyclic) bond motifs is 1. The van der Waals surface area contributed by atoms with Crippen molar-refractivity contribution >= 4 is 5.97 Å². The average Bonchev–Trinajstić information content (AvgIpc) is 2.37. The van der Waals surface area contributed by atoms with Gasteiger partial charge in [0.25, 0.3) is 0 Å². The van der Waals surface area contributed by atoms with E-state index in [1.54, 1.807) is 0 Å². The molecule has 0 unspecified atom stereocenters. The standard InChI is InChI=1S/C14H18O3/c1-3-17-13-9-11-7-5-4-6-10(11)8-12(13)14(15)16-2/h8-9H,3-7H2,1-2H3. The Bertz CT molecular complexity index is 424. The Kier molecular flexibility index (Phi) is 3.67. The molecule has 0 bridgehead atoms. The van der Waals surface area contributed by atoms with Crippen molar-refractivity contribution in [1.29, 1.82) is 0 Å². The van der Waals surface area contributed by atoms with Gasteiger partial charge in [0.15, 0.2) is 0 Å². The third-order valence-corrected chi connectivity index (χ3v) is 3.15. The summed E-state index contributed by atoms with van der Waals surface area (Å²) in [5.74, 6) is 0.335. The molecule has 1 aliphatic carbocycles. The van der Waals surface area contributed by atoms with E-state index in [1.165, 1.54) is 31.1 Å². The predicted octanol–water partition coefficient (Wildman–Crippen LogP) is 2.75. The topological polar surface area (TPSA) is 35.5 Å². The molecular weight excluding hydrogens is 216 g/mol. The molecule has 0 amide bonds. The Morgan fingerprint density at radius 2 is 1.88 bits per heavy atom. The lowest BCUT2D eigenvalue weighted by molar-refractivity contribution is 0.0596. The van der Waals surface area contributed by atoms with Crippen molar-refractivity contribution in [3.8, 4) is 5.75 Å². The number of hydrogen-bond acceptors (Lipinski definition) is 3. The molecule has 3 heteroatoms. The van der Waals surface area contributed by atoms with Gasteiger partial charge >= 0.3 is 5.97 Å². The van der Waals surface area contributed by atoms with Crippen LogP contribution in [0, 0.1) is 0 Å². The van der Waals surface area contributed by atoms with Crippen LogP contribution in [0.15, 0.2) is 12.1 Å². The third-order valence-electron chi connectivity index (χ3n) is 3.15. The highest BCUT2D eigenvalue weighted by Gasteiger charge is 2.18. The van der Waals surface area contributed by atoms with Crippen LogP contribution in [-0.4, -0.2) is 19.7 Å². The Labute approximate surface area is 102 Å². The minimum absolute atomic E-state index is 0.318. The summed E-state index contributed by atoms with van der Waals surface area (Å²) in [4.78, 5) is 11.7. The fourth-order valence-corrected chi connectivity index (χ4v) is 2.31. The lowest BCUT2D eigenvalue weighted by Gasteiger charge is -2.19. The predicted molar refractivity (Wildman–Crippen MR) is 65.6 cm³/mol. The highest BCUT2D eigenvalue weighted by molar-refractivity contribution is 5.93. The van der Waals surface area contributed by atoms with E-state index in [9.17, 15) is 4.79 Å². The van der Waals surface area contributed by atoms with Gasteiger partial charge in [-0.15, -0.1) is 0 Å². The SMILES string of the molecule is CCOc1cc2c(cc1C(=O)OC)CCCC2. The molecule has 1 aromatic carbocycles. The Hall–Kier alpha value is -1.51. The van der Waals surface area contributed by atoms with Crippen LogP contribution in [-0.2, 0) is 17.6 Å². The van der Waals surface area contributed by atoms with Crippen molar-refractivity contribution in [2.75, 3.05) is 13.7 Å². The quantitative estimate of drug-likeness (QED) is 0.754. The third kappa shape index (κ3) is 2.43. The van der Waals surface area contributed by atoms with Crippen LogP contribution in [0.25, 0.3) is 0 Å². The molecule has 17 heavy (non-hydrogen) atoms. The van der Waals surface area contributed by atoms with Crippen LogP contribution in [0.4, 0.5) is 0 Å². The molecule has 0 aliphatic heterocycles. The molecule has 0 saturated heterocycles. The van der Waals surface area contributed by atoms with Gasteiger partial charge in [0.1, 0.15) is 11.3 Å². The smallest absolute Gasteiger partial charge is 0.341 e. The van der Waals surface area contributed by atoms with Crippen molar-refractivity contribution in [3.63, 3.8) is 0 Å². The average molecular weight is 234 g/mol. The summed E-state index contributed by atoms with van der Waals surface area (Å²) in [5, 5.41) is 0. The highest BCUT2D eigenvalue weighted by atomic mass is 16.5. The summed E-state index contributed by atoms with van der Waals surface area (Å²) in [6.07, 6.45) is 4.54. The first-order valence-electron chi connectivity index (χ1n) is 6.13. The van der Waals surface area contributed by atoms with E-state index in [1.807, 2.05) is 19.1 Å². The fourth-order valence-electron chi connectivity index (χ4n) is 2.31. The van der Waals surface area contributed by atoms with Crippen LogP contribution in [0.2, 0.25) is 0 Å². The maximum atomic E-state index is 11.7. The second-order valence-electron chi connectivity index (χ2n) is 4.25. The first-order chi connectivity index (χ1) is 8.26. The molecule has 2 rings (SSSR count). The minimum Gasteiger partial charge on any atom is -0.493 e. The second-order valence-corrected chi connectivity index (χ2v) is 4.25. The van der Waals surface area contributed by atoms with Crippen molar-refractivity contribution in [2.45, 2.75) is 32.6 Å². The molecule has 0 fully saturated rings. The van der Waals surface area contributed by atoms with E-state index in [2.05, 4.69) is 0 Å². The largest absolute Gasteiger partial charge is 0.493 e. The maximum Gasteiger partial charge on any atom is 0.341 e. The number of carbonyl (C=O) groups is 1. The van der Waals surface area contributed by atoms with E-state index in [0.29, 0.717) is 17.9 Å². The Morgan fingerprint density at radius 3 is 2.47 bits per heavy atom. The normalized spacial score (nSPS) is 14.0. The van der Waals surface area contributed by atoms with Crippen LogP contribution < -0.4 is 4.74 Å². The minimum atomic E-state index is -0.318. The summed E-state index contributed by atoms with van der Waals surface area (Å²) >= 11 is 0. The van der Waals surface area contributed by atoms with Gasteiger partial charge in [-0.3, -0.25) is 0 Å². The van der Waals surface area contributed by atoms with Crippen LogP contribution in [0.3, 0.4) is 0 Å². The zero-order valence-electron chi connectivity index (χ0n) is 10.4. The van der Waals surface area contributed by atoms with Gasteiger partial charge < -0.3 is 9.47 Å². The molecule has 0 heterocycles. The van der Waals surface area contributed by atoms with E-state index in [-0.39, 0.29) is 5.97 Å². The van der Waals surface area contributed by atoms with Gasteiger partial charge in [0.05, 0.1) is 13.7 Å². The van der Waals surface area contributed by atoms with E-state index in [0.717, 1.165) is 12.8 Å². The fraction of sp³-hybridized carbons (Fsp3) is 0.500. The summed E-state index contributed by atoms with van der Waals surface area (Å²) < 4.78 is 10.3. The Morgan fingerprint density at radius 1 is 1.24 bits per heavy atom. The van der Waals surface area contributed by atoms with Gasteiger partial charge in [0, 0.05) is 0 Å². The summed E-state index contributed by atoms with van der Waals surface area (Å²) in [7, 11) is 1.40. The Balaban J connectivity index is 2.44. The van der Waals surface area contributed by atoms with Crippen LogP contribution >= 0.6 is 0 Å². The van der Waals surface area contributed by atoms with Crippen molar-refractivity contribution in [1.82, 2.24) is 0 Å². The molecule has 0 aromatic heterocycles. The molecule has 1 aliphatic rings. The van der Waals surface area contributed by atoms with Gasteiger partial charge in [0.2, 0.25) is 0 Å². The lowest BCUT2D eigenvalue weighted by Crippen LogP contribution is -2.10. The van der Waals surface area contributed by atoms with Crippen molar-refractivity contribution in [2.24, 2.45) is 0 Å². The zero-order valence-corrected chi connectivity index (χ0v) is 10.4. The summed E-state index contributed by atoms with van der Waals surface area (Å²) in [5.41, 5.74) is 3.13. The van der Waals surface area contributed by atoms with E-state index in [4.69, 9.17) is 9.47 Å². The molecule has 0 atom stereocenters. The molecule has 0 saturated carbocycles. The molecule has 0 N–H and O–H groups in total. The maximum absolute atomic E-state index is 11.7. The molecule has 3 nitrogen and oxygen atoms in total. The van der Waals surface area contributed by atoms with E-state index >= 15 is 0 Å². The molecular formula is C14H18O3. The number of esters is 1. The molecule has 0 radical (unpaired) electrons. The number of rotatable bonds is 3. The number of benzene rings is 1. The first-order valence-corrected chi connectivity index (χ1v) is 6.13. The number of carbonyl (C=O) groups excluding carboxylic acids is 1. The second kappa shape index (κ2) is 5.21. The summed E-state index contributed by atoms with van der Waals surface area (Å²) in [6.45, 7) is 2.48. The van der Waals surface area contributed by atoms with Crippen molar-refractivity contribution in [3.05, 3.63) is 28.8 Å². The lowest BCUT2D eigenvalue weighted by atomic mass is 9.90. The number of methoxy groups -OCH3 is 1. The van der Waals surface area contributed by atoms with Gasteiger partial charge in [-0.1, -0.05) is 0 Å². The number of hydrogen-bond donors (Lipinski definition) is 0.